The van der Waals surface area contributed by atoms with Crippen LogP contribution in [0.15, 0.2) is 22.7 Å². The average molecular weight is 350 g/mol. The van der Waals surface area contributed by atoms with Crippen LogP contribution in [-0.4, -0.2) is 32.4 Å². The molecular weight excluding hydrogens is 341 g/mol. The van der Waals surface area contributed by atoms with Gasteiger partial charge in [-0.15, -0.1) is 3.89 Å². The molecule has 0 bridgehead atoms. The van der Waals surface area contributed by atoms with Crippen molar-refractivity contribution >= 4 is 44.0 Å². The van der Waals surface area contributed by atoms with E-state index in [1.165, 1.54) is 12.1 Å². The van der Waals surface area contributed by atoms with Gasteiger partial charge in [0, 0.05) is 23.0 Å². The lowest BCUT2D eigenvalue weighted by Gasteiger charge is -2.18. The first-order valence-corrected chi connectivity index (χ1v) is 7.55. The Balaban J connectivity index is 2.38. The van der Waals surface area contributed by atoms with Gasteiger partial charge in [0.25, 0.3) is 0 Å². The maximum Gasteiger partial charge on any atom is 0.307 e. The van der Waals surface area contributed by atoms with Crippen molar-refractivity contribution in [2.24, 2.45) is 0 Å². The molecule has 1 atom stereocenters. The molecule has 2 rings (SSSR count). The van der Waals surface area contributed by atoms with Gasteiger partial charge in [0.2, 0.25) is 5.91 Å². The zero-order valence-corrected chi connectivity index (χ0v) is 11.9. The maximum atomic E-state index is 12.9. The Labute approximate surface area is 117 Å². The summed E-state index contributed by atoms with van der Waals surface area (Å²) in [5.74, 6) is -0.517. The zero-order chi connectivity index (χ0) is 14.2. The standard InChI is InChI=1S/C11H9BrFNO4S/c12-8-1-2-10(7(3-8)6-15)14-5-9(4-11(14)16)19(13,17)18/h1-3,6,9H,4-5H2. The highest BCUT2D eigenvalue weighted by atomic mass is 79.9. The van der Waals surface area contributed by atoms with Gasteiger partial charge in [-0.1, -0.05) is 15.9 Å². The number of hydrogen-bond acceptors (Lipinski definition) is 4. The van der Waals surface area contributed by atoms with Crippen LogP contribution in [0.1, 0.15) is 16.8 Å². The number of nitrogens with zero attached hydrogens (tertiary/aromatic N) is 1. The number of amides is 1. The molecule has 1 aromatic rings. The molecule has 1 aromatic carbocycles. The molecule has 5 nitrogen and oxygen atoms in total. The van der Waals surface area contributed by atoms with E-state index in [0.29, 0.717) is 10.8 Å². The number of rotatable bonds is 3. The van der Waals surface area contributed by atoms with Crippen LogP contribution in [-0.2, 0) is 15.0 Å². The lowest BCUT2D eigenvalue weighted by atomic mass is 10.2. The summed E-state index contributed by atoms with van der Waals surface area (Å²) in [7, 11) is -4.76. The van der Waals surface area contributed by atoms with E-state index in [1.807, 2.05) is 0 Å². The van der Waals surface area contributed by atoms with Crippen LogP contribution < -0.4 is 4.90 Å². The van der Waals surface area contributed by atoms with E-state index in [9.17, 15) is 21.9 Å². The predicted octanol–water partition coefficient (Wildman–Crippen LogP) is 1.67. The van der Waals surface area contributed by atoms with E-state index >= 15 is 0 Å². The first kappa shape index (κ1) is 14.1. The lowest BCUT2D eigenvalue weighted by Crippen LogP contribution is -2.27. The normalized spacial score (nSPS) is 19.8. The van der Waals surface area contributed by atoms with Crippen LogP contribution in [0.3, 0.4) is 0 Å². The minimum absolute atomic E-state index is 0.236. The third kappa shape index (κ3) is 2.84. The van der Waals surface area contributed by atoms with Gasteiger partial charge in [-0.05, 0) is 18.2 Å². The summed E-state index contributed by atoms with van der Waals surface area (Å²) in [5, 5.41) is -1.37. The summed E-state index contributed by atoms with van der Waals surface area (Å²) >= 11 is 3.19. The lowest BCUT2D eigenvalue weighted by molar-refractivity contribution is -0.117. The van der Waals surface area contributed by atoms with Gasteiger partial charge in [-0.3, -0.25) is 9.59 Å². The van der Waals surface area contributed by atoms with Crippen LogP contribution in [0.2, 0.25) is 0 Å². The summed E-state index contributed by atoms with van der Waals surface area (Å²) in [6, 6.07) is 4.64. The van der Waals surface area contributed by atoms with Crippen LogP contribution >= 0.6 is 15.9 Å². The second kappa shape index (κ2) is 5.01. The zero-order valence-electron chi connectivity index (χ0n) is 9.55. The first-order valence-electron chi connectivity index (χ1n) is 5.31. The van der Waals surface area contributed by atoms with Crippen molar-refractivity contribution in [1.82, 2.24) is 0 Å². The van der Waals surface area contributed by atoms with Crippen molar-refractivity contribution in [1.29, 1.82) is 0 Å². The van der Waals surface area contributed by atoms with Crippen molar-refractivity contribution in [3.63, 3.8) is 0 Å². The molecule has 1 aliphatic heterocycles. The maximum absolute atomic E-state index is 12.9. The monoisotopic (exact) mass is 349 g/mol. The minimum atomic E-state index is -4.76. The summed E-state index contributed by atoms with van der Waals surface area (Å²) in [6.45, 7) is -0.278. The second-order valence-electron chi connectivity index (χ2n) is 4.13. The number of halogens is 2. The largest absolute Gasteiger partial charge is 0.310 e. The number of anilines is 1. The van der Waals surface area contributed by atoms with Gasteiger partial charge in [-0.25, -0.2) is 0 Å². The molecule has 1 unspecified atom stereocenters. The van der Waals surface area contributed by atoms with E-state index in [-0.39, 0.29) is 17.8 Å². The average Bonchev–Trinajstić information content (AvgIpc) is 2.71. The SMILES string of the molecule is O=Cc1cc(Br)ccc1N1CC(S(=O)(=O)F)CC1=O. The van der Waals surface area contributed by atoms with Crippen molar-refractivity contribution in [3.05, 3.63) is 28.2 Å². The van der Waals surface area contributed by atoms with E-state index in [2.05, 4.69) is 15.9 Å². The summed E-state index contributed by atoms with van der Waals surface area (Å²) in [4.78, 5) is 23.8. The minimum Gasteiger partial charge on any atom is -0.310 e. The molecule has 0 aromatic heterocycles. The third-order valence-corrected chi connectivity index (χ3v) is 4.50. The Bertz CT molecular complexity index is 646. The number of benzene rings is 1. The fourth-order valence-electron chi connectivity index (χ4n) is 1.96. The summed E-state index contributed by atoms with van der Waals surface area (Å²) < 4.78 is 35.3. The fraction of sp³-hybridized carbons (Fsp3) is 0.273. The molecule has 102 valence electrons. The van der Waals surface area contributed by atoms with Gasteiger partial charge in [0.1, 0.15) is 5.25 Å². The van der Waals surface area contributed by atoms with E-state index in [0.717, 1.165) is 4.90 Å². The quantitative estimate of drug-likeness (QED) is 0.614. The molecule has 1 amide bonds. The first-order chi connectivity index (χ1) is 8.82. The van der Waals surface area contributed by atoms with Crippen LogP contribution in [0.25, 0.3) is 0 Å². The Morgan fingerprint density at radius 3 is 2.63 bits per heavy atom. The molecule has 0 saturated carbocycles. The molecule has 1 aliphatic rings. The number of aldehydes is 1. The van der Waals surface area contributed by atoms with Crippen molar-refractivity contribution in [3.8, 4) is 0 Å². The molecule has 0 aliphatic carbocycles. The molecule has 8 heteroatoms. The van der Waals surface area contributed by atoms with Crippen molar-refractivity contribution < 1.29 is 21.9 Å². The molecule has 0 N–H and O–H groups in total. The van der Waals surface area contributed by atoms with E-state index < -0.39 is 27.8 Å². The Morgan fingerprint density at radius 1 is 1.42 bits per heavy atom. The van der Waals surface area contributed by atoms with Gasteiger partial charge < -0.3 is 4.90 Å². The van der Waals surface area contributed by atoms with Crippen LogP contribution in [0, 0.1) is 0 Å². The van der Waals surface area contributed by atoms with E-state index in [1.54, 1.807) is 6.07 Å². The molecular formula is C11H9BrFNO4S. The van der Waals surface area contributed by atoms with Crippen LogP contribution in [0.5, 0.6) is 0 Å². The predicted molar refractivity (Wildman–Crippen MR) is 70.3 cm³/mol. The van der Waals surface area contributed by atoms with Crippen molar-refractivity contribution in [2.75, 3.05) is 11.4 Å². The topological polar surface area (TPSA) is 71.5 Å². The molecule has 19 heavy (non-hydrogen) atoms. The number of carbonyl (C=O) groups is 2. The Hall–Kier alpha value is -1.28. The smallest absolute Gasteiger partial charge is 0.307 e. The Morgan fingerprint density at radius 2 is 2.11 bits per heavy atom. The highest BCUT2D eigenvalue weighted by Gasteiger charge is 2.39. The third-order valence-electron chi connectivity index (χ3n) is 2.90. The van der Waals surface area contributed by atoms with Crippen LogP contribution in [0.4, 0.5) is 9.57 Å². The second-order valence-corrected chi connectivity index (χ2v) is 6.66. The highest BCUT2D eigenvalue weighted by molar-refractivity contribution is 9.10. The van der Waals surface area contributed by atoms with E-state index in [4.69, 9.17) is 0 Å². The summed E-state index contributed by atoms with van der Waals surface area (Å²) in [6.07, 6.45) is 0.151. The number of carbonyl (C=O) groups excluding carboxylic acids is 2. The van der Waals surface area contributed by atoms with Gasteiger partial charge >= 0.3 is 10.2 Å². The van der Waals surface area contributed by atoms with Gasteiger partial charge in [-0.2, -0.15) is 8.42 Å². The van der Waals surface area contributed by atoms with Gasteiger partial charge in [0.15, 0.2) is 6.29 Å². The summed E-state index contributed by atoms with van der Waals surface area (Å²) in [5.41, 5.74) is 0.522. The fourth-order valence-corrected chi connectivity index (χ4v) is 3.01. The molecule has 1 fully saturated rings. The molecule has 1 saturated heterocycles. The highest BCUT2D eigenvalue weighted by Crippen LogP contribution is 2.29. The number of hydrogen-bond donors (Lipinski definition) is 0. The Kier molecular flexibility index (Phi) is 3.73. The molecule has 1 heterocycles. The molecule has 0 spiro atoms. The van der Waals surface area contributed by atoms with Gasteiger partial charge in [0.05, 0.1) is 5.69 Å². The van der Waals surface area contributed by atoms with Crippen molar-refractivity contribution in [2.45, 2.75) is 11.7 Å². The molecule has 0 radical (unpaired) electrons.